The average Bonchev–Trinajstić information content (AvgIpc) is 3.51. The Balaban J connectivity index is 1.29. The second-order valence-corrected chi connectivity index (χ2v) is 9.84. The van der Waals surface area contributed by atoms with Gasteiger partial charge in [-0.05, 0) is 16.7 Å². The average molecular weight is 488 g/mol. The van der Waals surface area contributed by atoms with Crippen molar-refractivity contribution in [3.05, 3.63) is 108 Å². The number of ether oxygens (including phenoxy) is 4. The summed E-state index contributed by atoms with van der Waals surface area (Å²) in [4.78, 5) is 6.39. The highest BCUT2D eigenvalue weighted by molar-refractivity contribution is 5.17. The standard InChI is InChI=1S/C30H33NO5/c1-31-24-20-35-26-25(24)27(36-31)29(33-18-22-13-7-3-8-14-22)30(34-19-23-15-9-4-10-16-23)28(26)32-17-21-11-5-2-6-12-21/h2-16,24-30H,17-20H2,1H3/t24-,25-,26+,27-,28-,29+,30+/m1/s1. The largest absolute Gasteiger partial charge is 0.373 e. The Labute approximate surface area is 212 Å². The number of hydroxylamine groups is 2. The third kappa shape index (κ3) is 4.85. The summed E-state index contributed by atoms with van der Waals surface area (Å²) in [6.45, 7) is 2.05. The second-order valence-electron chi connectivity index (χ2n) is 9.84. The number of benzene rings is 3. The van der Waals surface area contributed by atoms with E-state index in [9.17, 15) is 0 Å². The van der Waals surface area contributed by atoms with Crippen LogP contribution in [0.15, 0.2) is 91.0 Å². The number of nitrogens with zero attached hydrogens (tertiary/aromatic N) is 1. The molecule has 0 unspecified atom stereocenters. The molecule has 2 saturated heterocycles. The molecule has 3 fully saturated rings. The molecular formula is C30H33NO5. The minimum Gasteiger partial charge on any atom is -0.373 e. The normalized spacial score (nSPS) is 31.4. The molecule has 1 saturated carbocycles. The van der Waals surface area contributed by atoms with E-state index in [4.69, 9.17) is 23.8 Å². The molecule has 0 radical (unpaired) electrons. The van der Waals surface area contributed by atoms with Crippen molar-refractivity contribution in [2.75, 3.05) is 13.7 Å². The highest BCUT2D eigenvalue weighted by Crippen LogP contribution is 2.46. The fourth-order valence-electron chi connectivity index (χ4n) is 5.77. The van der Waals surface area contributed by atoms with Gasteiger partial charge in [-0.3, -0.25) is 4.84 Å². The zero-order chi connectivity index (χ0) is 24.3. The highest BCUT2D eigenvalue weighted by atomic mass is 16.7. The second kappa shape index (κ2) is 10.8. The van der Waals surface area contributed by atoms with Gasteiger partial charge in [-0.2, -0.15) is 5.06 Å². The number of rotatable bonds is 9. The molecule has 0 aromatic heterocycles. The van der Waals surface area contributed by atoms with Gasteiger partial charge in [0, 0.05) is 13.0 Å². The Morgan fingerprint density at radius 1 is 0.639 bits per heavy atom. The minimum absolute atomic E-state index is 0.119. The summed E-state index contributed by atoms with van der Waals surface area (Å²) in [6, 6.07) is 30.9. The lowest BCUT2D eigenvalue weighted by atomic mass is 9.76. The van der Waals surface area contributed by atoms with E-state index in [-0.39, 0.29) is 42.5 Å². The van der Waals surface area contributed by atoms with Crippen molar-refractivity contribution < 1.29 is 23.8 Å². The molecule has 0 bridgehead atoms. The van der Waals surface area contributed by atoms with Crippen molar-refractivity contribution in [2.24, 2.45) is 5.92 Å². The number of likely N-dealkylation sites (N-methyl/N-ethyl adjacent to an activating group) is 1. The summed E-state index contributed by atoms with van der Waals surface area (Å²) in [7, 11) is 1.99. The van der Waals surface area contributed by atoms with E-state index in [2.05, 4.69) is 36.4 Å². The molecule has 6 rings (SSSR count). The van der Waals surface area contributed by atoms with Gasteiger partial charge in [0.05, 0.1) is 38.6 Å². The zero-order valence-corrected chi connectivity index (χ0v) is 20.5. The molecule has 6 heteroatoms. The number of hydrogen-bond acceptors (Lipinski definition) is 6. The van der Waals surface area contributed by atoms with Crippen molar-refractivity contribution in [1.29, 1.82) is 0 Å². The van der Waals surface area contributed by atoms with Crippen molar-refractivity contribution in [3.8, 4) is 0 Å². The van der Waals surface area contributed by atoms with Gasteiger partial charge in [-0.15, -0.1) is 0 Å². The Morgan fingerprint density at radius 3 is 1.58 bits per heavy atom. The summed E-state index contributed by atoms with van der Waals surface area (Å²) in [5.74, 6) is 0.160. The van der Waals surface area contributed by atoms with E-state index in [1.165, 1.54) is 0 Å². The highest BCUT2D eigenvalue weighted by Gasteiger charge is 2.63. The molecule has 2 heterocycles. The van der Waals surface area contributed by atoms with E-state index >= 15 is 0 Å². The molecule has 188 valence electrons. The van der Waals surface area contributed by atoms with Gasteiger partial charge in [0.25, 0.3) is 0 Å². The Bertz CT molecular complexity index is 1100. The summed E-state index contributed by atoms with van der Waals surface area (Å²) < 4.78 is 26.3. The van der Waals surface area contributed by atoms with Crippen LogP contribution in [0.25, 0.3) is 0 Å². The Hall–Kier alpha value is -2.58. The van der Waals surface area contributed by atoms with Gasteiger partial charge in [0.2, 0.25) is 0 Å². The maximum absolute atomic E-state index is 6.64. The molecule has 0 amide bonds. The van der Waals surface area contributed by atoms with Gasteiger partial charge in [0.15, 0.2) is 0 Å². The molecule has 3 aromatic rings. The lowest BCUT2D eigenvalue weighted by molar-refractivity contribution is -0.270. The zero-order valence-electron chi connectivity index (χ0n) is 20.5. The predicted molar refractivity (Wildman–Crippen MR) is 135 cm³/mol. The first-order chi connectivity index (χ1) is 17.8. The molecule has 3 aliphatic rings. The van der Waals surface area contributed by atoms with Crippen LogP contribution in [0.1, 0.15) is 16.7 Å². The summed E-state index contributed by atoms with van der Waals surface area (Å²) >= 11 is 0. The quantitative estimate of drug-likeness (QED) is 0.446. The van der Waals surface area contributed by atoms with E-state index < -0.39 is 0 Å². The molecular weight excluding hydrogens is 454 g/mol. The van der Waals surface area contributed by atoms with Crippen molar-refractivity contribution in [2.45, 2.75) is 56.4 Å². The predicted octanol–water partition coefficient (Wildman–Crippen LogP) is 4.39. The molecule has 6 nitrogen and oxygen atoms in total. The lowest BCUT2D eigenvalue weighted by Gasteiger charge is -2.45. The van der Waals surface area contributed by atoms with Crippen LogP contribution in [0.4, 0.5) is 0 Å². The lowest BCUT2D eigenvalue weighted by Crippen LogP contribution is -2.62. The smallest absolute Gasteiger partial charge is 0.115 e. The van der Waals surface area contributed by atoms with Crippen LogP contribution in [0, 0.1) is 5.92 Å². The number of hydrogen-bond donors (Lipinski definition) is 0. The van der Waals surface area contributed by atoms with Crippen LogP contribution in [0.5, 0.6) is 0 Å². The molecule has 0 N–H and O–H groups in total. The Kier molecular flexibility index (Phi) is 7.14. The van der Waals surface area contributed by atoms with Gasteiger partial charge in [-0.25, -0.2) is 0 Å². The van der Waals surface area contributed by atoms with Crippen LogP contribution >= 0.6 is 0 Å². The van der Waals surface area contributed by atoms with Crippen molar-refractivity contribution in [1.82, 2.24) is 5.06 Å². The molecule has 0 spiro atoms. The molecule has 3 aromatic carbocycles. The Morgan fingerprint density at radius 2 is 1.08 bits per heavy atom. The third-order valence-electron chi connectivity index (χ3n) is 7.57. The molecule has 2 aliphatic heterocycles. The monoisotopic (exact) mass is 487 g/mol. The van der Waals surface area contributed by atoms with Gasteiger partial charge in [-0.1, -0.05) is 91.0 Å². The van der Waals surface area contributed by atoms with E-state index in [1.54, 1.807) is 0 Å². The molecule has 1 aliphatic carbocycles. The van der Waals surface area contributed by atoms with Crippen LogP contribution in [-0.2, 0) is 43.6 Å². The van der Waals surface area contributed by atoms with Gasteiger partial charge >= 0.3 is 0 Å². The van der Waals surface area contributed by atoms with E-state index in [1.807, 2.05) is 66.7 Å². The van der Waals surface area contributed by atoms with E-state index in [0.717, 1.165) is 16.7 Å². The van der Waals surface area contributed by atoms with Crippen molar-refractivity contribution >= 4 is 0 Å². The maximum Gasteiger partial charge on any atom is 0.115 e. The fraction of sp³-hybridized carbons (Fsp3) is 0.400. The van der Waals surface area contributed by atoms with Crippen LogP contribution in [0.2, 0.25) is 0 Å². The first-order valence-corrected chi connectivity index (χ1v) is 12.8. The summed E-state index contributed by atoms with van der Waals surface area (Å²) in [5, 5.41) is 1.95. The third-order valence-corrected chi connectivity index (χ3v) is 7.57. The summed E-state index contributed by atoms with van der Waals surface area (Å²) in [6.07, 6.45) is -1.21. The minimum atomic E-state index is -0.353. The molecule has 7 atom stereocenters. The first-order valence-electron chi connectivity index (χ1n) is 12.8. The topological polar surface area (TPSA) is 49.4 Å². The van der Waals surface area contributed by atoms with Gasteiger partial charge in [0.1, 0.15) is 24.4 Å². The van der Waals surface area contributed by atoms with Crippen LogP contribution in [-0.4, -0.2) is 55.3 Å². The van der Waals surface area contributed by atoms with E-state index in [0.29, 0.717) is 26.4 Å². The maximum atomic E-state index is 6.64. The SMILES string of the molecule is CN1O[C@H]2[C@H](OCc3ccccc3)[C@@H](OCc3ccccc3)[C@H](OCc3ccccc3)[C@H]3OC[C@@H]1[C@H]32. The first kappa shape index (κ1) is 23.8. The van der Waals surface area contributed by atoms with Gasteiger partial charge < -0.3 is 18.9 Å². The molecule has 36 heavy (non-hydrogen) atoms. The summed E-state index contributed by atoms with van der Waals surface area (Å²) in [5.41, 5.74) is 3.35. The van der Waals surface area contributed by atoms with Crippen LogP contribution < -0.4 is 0 Å². The fourth-order valence-corrected chi connectivity index (χ4v) is 5.77. The van der Waals surface area contributed by atoms with Crippen molar-refractivity contribution in [3.63, 3.8) is 0 Å². The van der Waals surface area contributed by atoms with Crippen LogP contribution in [0.3, 0.4) is 0 Å².